The predicted molar refractivity (Wildman–Crippen MR) is 79.3 cm³/mol. The molecule has 20 heavy (non-hydrogen) atoms. The summed E-state index contributed by atoms with van der Waals surface area (Å²) in [7, 11) is 0. The summed E-state index contributed by atoms with van der Waals surface area (Å²) in [5.74, 6) is 0.0642. The molecule has 0 aliphatic heterocycles. The number of carbonyl (C=O) groups excluding carboxylic acids is 1. The molecule has 0 atom stereocenters. The molecule has 1 N–H and O–H groups in total. The Labute approximate surface area is 119 Å². The minimum atomic E-state index is -0.504. The molecule has 2 aromatic rings. The highest BCUT2D eigenvalue weighted by Crippen LogP contribution is 2.22. The molecule has 0 aliphatic carbocycles. The minimum absolute atomic E-state index is 0.0642. The normalized spacial score (nSPS) is 11.3. The van der Waals surface area contributed by atoms with Crippen molar-refractivity contribution in [2.24, 2.45) is 0 Å². The van der Waals surface area contributed by atoms with Crippen molar-refractivity contribution in [3.8, 4) is 0 Å². The first kappa shape index (κ1) is 14.3. The van der Waals surface area contributed by atoms with Crippen LogP contribution < -0.4 is 5.32 Å². The van der Waals surface area contributed by atoms with Gasteiger partial charge in [0.1, 0.15) is 0 Å². The van der Waals surface area contributed by atoms with E-state index in [-0.39, 0.29) is 5.91 Å². The molecule has 0 saturated carbocycles. The lowest BCUT2D eigenvalue weighted by Crippen LogP contribution is -2.40. The van der Waals surface area contributed by atoms with Crippen molar-refractivity contribution in [2.75, 3.05) is 6.54 Å². The van der Waals surface area contributed by atoms with Crippen molar-refractivity contribution in [3.05, 3.63) is 54.6 Å². The Hall–Kier alpha value is -2.10. The van der Waals surface area contributed by atoms with E-state index >= 15 is 0 Å². The van der Waals surface area contributed by atoms with Crippen molar-refractivity contribution in [1.29, 1.82) is 0 Å². The summed E-state index contributed by atoms with van der Waals surface area (Å²) in [5.41, 5.74) is 0.531. The number of benzene rings is 1. The highest BCUT2D eigenvalue weighted by atomic mass is 16.2. The van der Waals surface area contributed by atoms with Crippen LogP contribution in [-0.4, -0.2) is 22.0 Å². The summed E-state index contributed by atoms with van der Waals surface area (Å²) in [5, 5.41) is 3.01. The molecule has 0 radical (unpaired) electrons. The van der Waals surface area contributed by atoms with Crippen LogP contribution in [0.3, 0.4) is 0 Å². The molecule has 1 aromatic carbocycles. The van der Waals surface area contributed by atoms with Gasteiger partial charge in [-0.05, 0) is 25.8 Å². The van der Waals surface area contributed by atoms with E-state index in [9.17, 15) is 4.79 Å². The molecule has 106 valence electrons. The Bertz CT molecular complexity index is 532. The molecular weight excluding hydrogens is 250 g/mol. The zero-order valence-electron chi connectivity index (χ0n) is 12.0. The largest absolute Gasteiger partial charge is 0.355 e. The van der Waals surface area contributed by atoms with Gasteiger partial charge in [-0.1, -0.05) is 30.3 Å². The number of aromatic nitrogens is 2. The number of amides is 1. The van der Waals surface area contributed by atoms with Crippen molar-refractivity contribution in [2.45, 2.75) is 32.2 Å². The second kappa shape index (κ2) is 6.37. The van der Waals surface area contributed by atoms with Crippen LogP contribution in [0.4, 0.5) is 0 Å². The van der Waals surface area contributed by atoms with Gasteiger partial charge in [0.2, 0.25) is 5.91 Å². The Balaban J connectivity index is 1.82. The average Bonchev–Trinajstić information content (AvgIpc) is 2.97. The summed E-state index contributed by atoms with van der Waals surface area (Å²) in [6.45, 7) is 5.44. The van der Waals surface area contributed by atoms with E-state index in [0.29, 0.717) is 6.54 Å². The number of rotatable bonds is 6. The molecular formula is C16H21N3O. The third-order valence-corrected chi connectivity index (χ3v) is 3.50. The minimum Gasteiger partial charge on any atom is -0.355 e. The zero-order valence-corrected chi connectivity index (χ0v) is 12.0. The van der Waals surface area contributed by atoms with E-state index in [2.05, 4.69) is 10.3 Å². The molecule has 4 heteroatoms. The maximum absolute atomic E-state index is 12.3. The number of nitrogens with one attached hydrogen (secondary N) is 1. The highest BCUT2D eigenvalue weighted by molar-refractivity contribution is 5.87. The summed E-state index contributed by atoms with van der Waals surface area (Å²) >= 11 is 0. The molecule has 0 bridgehead atoms. The standard InChI is InChI=1S/C16H21N3O/c1-16(2,14-7-4-3-5-8-14)15(20)18-9-6-11-19-12-10-17-13-19/h3-5,7-8,10,12-13H,6,9,11H2,1-2H3,(H,18,20). The summed E-state index contributed by atoms with van der Waals surface area (Å²) < 4.78 is 2.01. The SMILES string of the molecule is CC(C)(C(=O)NCCCn1ccnc1)c1ccccc1. The Morgan fingerprint density at radius 2 is 2.05 bits per heavy atom. The summed E-state index contributed by atoms with van der Waals surface area (Å²) in [6.07, 6.45) is 6.37. The monoisotopic (exact) mass is 271 g/mol. The Kier molecular flexibility index (Phi) is 4.56. The van der Waals surface area contributed by atoms with E-state index in [1.165, 1.54) is 0 Å². The predicted octanol–water partition coefficient (Wildman–Crippen LogP) is 2.37. The average molecular weight is 271 g/mol. The first-order valence-electron chi connectivity index (χ1n) is 6.90. The summed E-state index contributed by atoms with van der Waals surface area (Å²) in [6, 6.07) is 9.87. The van der Waals surface area contributed by atoms with E-state index in [4.69, 9.17) is 0 Å². The molecule has 1 heterocycles. The highest BCUT2D eigenvalue weighted by Gasteiger charge is 2.28. The molecule has 0 saturated heterocycles. The smallest absolute Gasteiger partial charge is 0.230 e. The first-order valence-corrected chi connectivity index (χ1v) is 6.90. The maximum atomic E-state index is 12.3. The van der Waals surface area contributed by atoms with Gasteiger partial charge in [0.15, 0.2) is 0 Å². The van der Waals surface area contributed by atoms with Crippen LogP contribution in [0.15, 0.2) is 49.1 Å². The van der Waals surface area contributed by atoms with Crippen LogP contribution >= 0.6 is 0 Å². The van der Waals surface area contributed by atoms with E-state index in [1.54, 1.807) is 12.5 Å². The number of aryl methyl sites for hydroxylation is 1. The lowest BCUT2D eigenvalue weighted by Gasteiger charge is -2.24. The van der Waals surface area contributed by atoms with Crippen molar-refractivity contribution in [1.82, 2.24) is 14.9 Å². The lowest BCUT2D eigenvalue weighted by atomic mass is 9.84. The van der Waals surface area contributed by atoms with Crippen molar-refractivity contribution in [3.63, 3.8) is 0 Å². The van der Waals surface area contributed by atoms with Crippen molar-refractivity contribution < 1.29 is 4.79 Å². The van der Waals surface area contributed by atoms with Gasteiger partial charge in [-0.15, -0.1) is 0 Å². The van der Waals surface area contributed by atoms with Crippen LogP contribution in [0.1, 0.15) is 25.8 Å². The van der Waals surface area contributed by atoms with Gasteiger partial charge in [-0.3, -0.25) is 4.79 Å². The van der Waals surface area contributed by atoms with Gasteiger partial charge in [0.05, 0.1) is 11.7 Å². The lowest BCUT2D eigenvalue weighted by molar-refractivity contribution is -0.125. The Morgan fingerprint density at radius 1 is 1.30 bits per heavy atom. The van der Waals surface area contributed by atoms with Crippen LogP contribution in [0, 0.1) is 0 Å². The van der Waals surface area contributed by atoms with Gasteiger partial charge in [0.25, 0.3) is 0 Å². The third-order valence-electron chi connectivity index (χ3n) is 3.50. The van der Waals surface area contributed by atoms with Gasteiger partial charge in [-0.2, -0.15) is 0 Å². The topological polar surface area (TPSA) is 46.9 Å². The van der Waals surface area contributed by atoms with E-state index < -0.39 is 5.41 Å². The number of carbonyl (C=O) groups is 1. The second-order valence-corrected chi connectivity index (χ2v) is 5.40. The summed E-state index contributed by atoms with van der Waals surface area (Å²) in [4.78, 5) is 16.3. The number of nitrogens with zero attached hydrogens (tertiary/aromatic N) is 2. The molecule has 1 aromatic heterocycles. The molecule has 0 fully saturated rings. The van der Waals surface area contributed by atoms with E-state index in [1.807, 2.05) is 54.9 Å². The number of hydrogen-bond donors (Lipinski definition) is 1. The maximum Gasteiger partial charge on any atom is 0.230 e. The number of hydrogen-bond acceptors (Lipinski definition) is 2. The molecule has 1 amide bonds. The van der Waals surface area contributed by atoms with Crippen LogP contribution in [-0.2, 0) is 16.8 Å². The third kappa shape index (κ3) is 3.47. The molecule has 0 unspecified atom stereocenters. The van der Waals surface area contributed by atoms with Gasteiger partial charge in [0, 0.05) is 25.5 Å². The van der Waals surface area contributed by atoms with E-state index in [0.717, 1.165) is 18.5 Å². The Morgan fingerprint density at radius 3 is 2.70 bits per heavy atom. The van der Waals surface area contributed by atoms with Gasteiger partial charge >= 0.3 is 0 Å². The van der Waals surface area contributed by atoms with Gasteiger partial charge < -0.3 is 9.88 Å². The molecule has 0 aliphatic rings. The van der Waals surface area contributed by atoms with Gasteiger partial charge in [-0.25, -0.2) is 4.98 Å². The van der Waals surface area contributed by atoms with Crippen LogP contribution in [0.2, 0.25) is 0 Å². The molecule has 0 spiro atoms. The zero-order chi connectivity index (χ0) is 14.4. The fourth-order valence-corrected chi connectivity index (χ4v) is 2.09. The van der Waals surface area contributed by atoms with Crippen molar-refractivity contribution >= 4 is 5.91 Å². The van der Waals surface area contributed by atoms with Crippen LogP contribution in [0.5, 0.6) is 0 Å². The van der Waals surface area contributed by atoms with Crippen LogP contribution in [0.25, 0.3) is 0 Å². The second-order valence-electron chi connectivity index (χ2n) is 5.40. The fraction of sp³-hybridized carbons (Fsp3) is 0.375. The quantitative estimate of drug-likeness (QED) is 0.820. The fourth-order valence-electron chi connectivity index (χ4n) is 2.09. The molecule has 4 nitrogen and oxygen atoms in total. The molecule has 2 rings (SSSR count). The number of imidazole rings is 1. The first-order chi connectivity index (χ1) is 9.60.